The molecule has 1 aliphatic rings. The van der Waals surface area contributed by atoms with Crippen molar-refractivity contribution in [1.29, 1.82) is 0 Å². The summed E-state index contributed by atoms with van der Waals surface area (Å²) in [5, 5.41) is 3.88. The maximum atomic E-state index is 12.6. The summed E-state index contributed by atoms with van der Waals surface area (Å²) < 4.78 is 6.98. The Balaban J connectivity index is 1.49. The normalized spacial score (nSPS) is 16.6. The third-order valence-corrected chi connectivity index (χ3v) is 4.90. The number of hydrogen-bond donors (Lipinski definition) is 0. The molecule has 0 atom stereocenters. The van der Waals surface area contributed by atoms with Crippen molar-refractivity contribution in [1.82, 2.24) is 24.6 Å². The van der Waals surface area contributed by atoms with E-state index >= 15 is 0 Å². The van der Waals surface area contributed by atoms with Gasteiger partial charge in [-0.05, 0) is 45.0 Å². The van der Waals surface area contributed by atoms with Gasteiger partial charge in [-0.2, -0.15) is 4.98 Å². The van der Waals surface area contributed by atoms with Gasteiger partial charge in [-0.25, -0.2) is 4.98 Å². The van der Waals surface area contributed by atoms with Gasteiger partial charge in [-0.3, -0.25) is 9.69 Å². The van der Waals surface area contributed by atoms with Crippen LogP contribution in [0.1, 0.15) is 36.2 Å². The molecule has 130 valence electrons. The molecule has 1 fully saturated rings. The van der Waals surface area contributed by atoms with Crippen LogP contribution in [0.5, 0.6) is 0 Å². The zero-order valence-electron chi connectivity index (χ0n) is 14.5. The number of fused-ring (bicyclic) bond motifs is 1. The van der Waals surface area contributed by atoms with Crippen LogP contribution in [-0.2, 0) is 13.6 Å². The van der Waals surface area contributed by atoms with E-state index in [4.69, 9.17) is 4.52 Å². The maximum Gasteiger partial charge on any atom is 0.273 e. The monoisotopic (exact) mass is 339 g/mol. The van der Waals surface area contributed by atoms with Gasteiger partial charge >= 0.3 is 0 Å². The molecule has 0 amide bonds. The summed E-state index contributed by atoms with van der Waals surface area (Å²) in [6.45, 7) is 4.20. The Morgan fingerprint density at radius 3 is 2.68 bits per heavy atom. The van der Waals surface area contributed by atoms with Gasteiger partial charge in [0.25, 0.3) is 5.56 Å². The van der Waals surface area contributed by atoms with Crippen LogP contribution in [0.3, 0.4) is 0 Å². The van der Waals surface area contributed by atoms with Crippen LogP contribution in [0.25, 0.3) is 11.0 Å². The Kier molecular flexibility index (Phi) is 4.09. The molecule has 3 heterocycles. The van der Waals surface area contributed by atoms with Gasteiger partial charge in [0.2, 0.25) is 5.89 Å². The molecule has 7 nitrogen and oxygen atoms in total. The number of hydrogen-bond acceptors (Lipinski definition) is 6. The quantitative estimate of drug-likeness (QED) is 0.726. The summed E-state index contributed by atoms with van der Waals surface area (Å²) in [7, 11) is 1.81. The van der Waals surface area contributed by atoms with Crippen molar-refractivity contribution in [3.63, 3.8) is 0 Å². The minimum absolute atomic E-state index is 0.0200. The summed E-state index contributed by atoms with van der Waals surface area (Å²) in [4.78, 5) is 23.8. The molecule has 7 heteroatoms. The lowest BCUT2D eigenvalue weighted by atomic mass is 9.96. The summed E-state index contributed by atoms with van der Waals surface area (Å²) in [6.07, 6.45) is 1.91. The fourth-order valence-corrected chi connectivity index (χ4v) is 3.47. The van der Waals surface area contributed by atoms with Crippen LogP contribution in [0.15, 0.2) is 33.6 Å². The molecular formula is C18H21N5O2. The number of aryl methyl sites for hydroxylation is 2. The van der Waals surface area contributed by atoms with Crippen LogP contribution >= 0.6 is 0 Å². The second-order valence-corrected chi connectivity index (χ2v) is 6.64. The third-order valence-electron chi connectivity index (χ3n) is 4.90. The molecule has 0 bridgehead atoms. The lowest BCUT2D eigenvalue weighted by Crippen LogP contribution is -2.36. The van der Waals surface area contributed by atoms with Gasteiger partial charge in [0, 0.05) is 19.5 Å². The molecule has 1 aromatic carbocycles. The first kappa shape index (κ1) is 16.0. The molecule has 3 aromatic rings. The lowest BCUT2D eigenvalue weighted by Gasteiger charge is -2.29. The zero-order chi connectivity index (χ0) is 17.4. The summed E-state index contributed by atoms with van der Waals surface area (Å²) in [5.74, 6) is 1.73. The Hall–Kier alpha value is -2.54. The van der Waals surface area contributed by atoms with Crippen molar-refractivity contribution in [2.24, 2.45) is 7.05 Å². The van der Waals surface area contributed by atoms with E-state index in [2.05, 4.69) is 20.0 Å². The van der Waals surface area contributed by atoms with Crippen molar-refractivity contribution in [2.45, 2.75) is 32.2 Å². The van der Waals surface area contributed by atoms with Gasteiger partial charge < -0.3 is 9.09 Å². The maximum absolute atomic E-state index is 12.6. The molecule has 25 heavy (non-hydrogen) atoms. The molecule has 0 spiro atoms. The second kappa shape index (κ2) is 6.40. The van der Waals surface area contributed by atoms with E-state index in [-0.39, 0.29) is 5.56 Å². The number of rotatable bonds is 3. The van der Waals surface area contributed by atoms with Crippen molar-refractivity contribution >= 4 is 11.0 Å². The van der Waals surface area contributed by atoms with Crippen LogP contribution in [0.2, 0.25) is 0 Å². The highest BCUT2D eigenvalue weighted by molar-refractivity contribution is 5.74. The molecule has 4 rings (SSSR count). The highest BCUT2D eigenvalue weighted by atomic mass is 16.5. The number of nitrogens with zero attached hydrogens (tertiary/aromatic N) is 5. The first-order valence-electron chi connectivity index (χ1n) is 8.59. The van der Waals surface area contributed by atoms with Crippen LogP contribution in [0, 0.1) is 6.92 Å². The average Bonchev–Trinajstić information content (AvgIpc) is 3.06. The first-order valence-corrected chi connectivity index (χ1v) is 8.59. The second-order valence-electron chi connectivity index (χ2n) is 6.64. The standard InChI is InChI=1S/C18H21N5O2/c1-12-19-17(25-21-12)13-7-9-23(10-8-13)11-15-18(24)22(2)16-6-4-3-5-14(16)20-15/h3-6,13H,7-11H2,1-2H3. The van der Waals surface area contributed by atoms with Gasteiger partial charge in [0.15, 0.2) is 5.82 Å². The Morgan fingerprint density at radius 1 is 1.20 bits per heavy atom. The summed E-state index contributed by atoms with van der Waals surface area (Å²) >= 11 is 0. The molecule has 0 saturated carbocycles. The molecule has 0 aliphatic carbocycles. The van der Waals surface area contributed by atoms with E-state index in [9.17, 15) is 4.79 Å². The number of benzene rings is 1. The fourth-order valence-electron chi connectivity index (χ4n) is 3.47. The average molecular weight is 339 g/mol. The highest BCUT2D eigenvalue weighted by Crippen LogP contribution is 2.27. The molecule has 0 radical (unpaired) electrons. The van der Waals surface area contributed by atoms with E-state index in [1.807, 2.05) is 31.2 Å². The molecule has 1 aliphatic heterocycles. The van der Waals surface area contributed by atoms with E-state index in [1.54, 1.807) is 11.6 Å². The number of likely N-dealkylation sites (tertiary alicyclic amines) is 1. The van der Waals surface area contributed by atoms with Crippen LogP contribution in [-0.4, -0.2) is 37.7 Å². The number of para-hydroxylation sites is 2. The largest absolute Gasteiger partial charge is 0.339 e. The zero-order valence-corrected chi connectivity index (χ0v) is 14.5. The van der Waals surface area contributed by atoms with Gasteiger partial charge in [0.1, 0.15) is 5.69 Å². The van der Waals surface area contributed by atoms with Gasteiger partial charge in [-0.1, -0.05) is 17.3 Å². The molecule has 1 saturated heterocycles. The first-order chi connectivity index (χ1) is 12.1. The smallest absolute Gasteiger partial charge is 0.273 e. The summed E-state index contributed by atoms with van der Waals surface area (Å²) in [5.41, 5.74) is 2.30. The Bertz CT molecular complexity index is 953. The topological polar surface area (TPSA) is 77.0 Å². The number of piperidine rings is 1. The van der Waals surface area contributed by atoms with Crippen LogP contribution < -0.4 is 5.56 Å². The van der Waals surface area contributed by atoms with E-state index in [1.165, 1.54) is 0 Å². The van der Waals surface area contributed by atoms with Crippen LogP contribution in [0.4, 0.5) is 0 Å². The predicted molar refractivity (Wildman–Crippen MR) is 93.3 cm³/mol. The fraction of sp³-hybridized carbons (Fsp3) is 0.444. The van der Waals surface area contributed by atoms with Crippen molar-refractivity contribution < 1.29 is 4.52 Å². The van der Waals surface area contributed by atoms with E-state index < -0.39 is 0 Å². The molecular weight excluding hydrogens is 318 g/mol. The van der Waals surface area contributed by atoms with E-state index in [0.29, 0.717) is 24.0 Å². The predicted octanol–water partition coefficient (Wildman–Crippen LogP) is 2.00. The van der Waals surface area contributed by atoms with E-state index in [0.717, 1.165) is 42.9 Å². The van der Waals surface area contributed by atoms with Gasteiger partial charge in [-0.15, -0.1) is 0 Å². The SMILES string of the molecule is Cc1noc(C2CCN(Cc3nc4ccccc4n(C)c3=O)CC2)n1. The Labute approximate surface area is 145 Å². The lowest BCUT2D eigenvalue weighted by molar-refractivity contribution is 0.185. The van der Waals surface area contributed by atoms with Gasteiger partial charge in [0.05, 0.1) is 11.0 Å². The minimum atomic E-state index is -0.0200. The molecule has 0 unspecified atom stereocenters. The minimum Gasteiger partial charge on any atom is -0.339 e. The Morgan fingerprint density at radius 2 is 1.96 bits per heavy atom. The van der Waals surface area contributed by atoms with Crippen molar-refractivity contribution in [2.75, 3.05) is 13.1 Å². The van der Waals surface area contributed by atoms with Crippen molar-refractivity contribution in [3.05, 3.63) is 52.0 Å². The number of aromatic nitrogens is 4. The molecule has 0 N–H and O–H groups in total. The molecule has 2 aromatic heterocycles. The third kappa shape index (κ3) is 3.07. The highest BCUT2D eigenvalue weighted by Gasteiger charge is 2.25. The van der Waals surface area contributed by atoms with Crippen molar-refractivity contribution in [3.8, 4) is 0 Å². The summed E-state index contributed by atoms with van der Waals surface area (Å²) in [6, 6.07) is 7.74.